The number of likely N-dealkylation sites (tertiary alicyclic amines) is 1. The van der Waals surface area contributed by atoms with Gasteiger partial charge in [-0.15, -0.1) is 0 Å². The molecule has 1 saturated heterocycles. The second-order valence-corrected chi connectivity index (χ2v) is 6.56. The monoisotopic (exact) mass is 357 g/mol. The predicted octanol–water partition coefficient (Wildman–Crippen LogP) is 3.47. The van der Waals surface area contributed by atoms with Crippen LogP contribution in [-0.2, 0) is 11.2 Å². The highest BCUT2D eigenvalue weighted by molar-refractivity contribution is 6.35. The molecule has 1 heterocycles. The Morgan fingerprint density at radius 3 is 2.78 bits per heavy atom. The van der Waals surface area contributed by atoms with Crippen molar-refractivity contribution in [2.45, 2.75) is 19.8 Å². The number of hydrogen-bond acceptors (Lipinski definition) is 2. The van der Waals surface area contributed by atoms with E-state index in [0.717, 1.165) is 50.6 Å². The predicted molar refractivity (Wildman–Crippen MR) is 97.7 cm³/mol. The summed E-state index contributed by atoms with van der Waals surface area (Å²) in [7, 11) is 1.76. The smallest absolute Gasteiger partial charge is 0.193 e. The summed E-state index contributed by atoms with van der Waals surface area (Å²) in [6.07, 6.45) is 1.89. The first-order chi connectivity index (χ1) is 11.2. The molecule has 0 saturated carbocycles. The zero-order valence-electron chi connectivity index (χ0n) is 13.8. The minimum absolute atomic E-state index is 0.585. The number of aliphatic imine (C=N–C) groups is 1. The Hall–Kier alpha value is -0.970. The normalized spacial score (nSPS) is 18.5. The standard InChI is InChI=1S/C17H25Cl2N3O/c1-3-20-17(22-10-8-13(11-22)12-23-2)21-9-7-14-15(18)5-4-6-16(14)19/h4-6,13H,3,7-12H2,1-2H3,(H,20,21). The average molecular weight is 358 g/mol. The van der Waals surface area contributed by atoms with E-state index in [9.17, 15) is 0 Å². The van der Waals surface area contributed by atoms with Crippen molar-refractivity contribution in [3.05, 3.63) is 33.8 Å². The van der Waals surface area contributed by atoms with Crippen molar-refractivity contribution in [1.29, 1.82) is 0 Å². The number of hydrogen-bond donors (Lipinski definition) is 1. The van der Waals surface area contributed by atoms with Crippen LogP contribution in [0.3, 0.4) is 0 Å². The molecule has 0 amide bonds. The van der Waals surface area contributed by atoms with E-state index >= 15 is 0 Å². The summed E-state index contributed by atoms with van der Waals surface area (Å²) >= 11 is 12.4. The van der Waals surface area contributed by atoms with Crippen molar-refractivity contribution < 1.29 is 4.74 Å². The topological polar surface area (TPSA) is 36.9 Å². The van der Waals surface area contributed by atoms with Crippen LogP contribution in [0, 0.1) is 5.92 Å². The number of rotatable bonds is 6. The number of guanidine groups is 1. The quantitative estimate of drug-likeness (QED) is 0.625. The first kappa shape index (κ1) is 18.4. The Bertz CT molecular complexity index is 516. The maximum atomic E-state index is 6.21. The summed E-state index contributed by atoms with van der Waals surface area (Å²) in [6, 6.07) is 5.60. The molecule has 1 atom stereocenters. The molecule has 1 aromatic rings. The van der Waals surface area contributed by atoms with Gasteiger partial charge in [0.05, 0.1) is 6.61 Å². The van der Waals surface area contributed by atoms with E-state index in [4.69, 9.17) is 32.9 Å². The van der Waals surface area contributed by atoms with Gasteiger partial charge < -0.3 is 15.0 Å². The molecule has 1 aromatic carbocycles. The lowest BCUT2D eigenvalue weighted by Gasteiger charge is -2.21. The van der Waals surface area contributed by atoms with Crippen LogP contribution >= 0.6 is 23.2 Å². The molecular formula is C17H25Cl2N3O. The highest BCUT2D eigenvalue weighted by atomic mass is 35.5. The fraction of sp³-hybridized carbons (Fsp3) is 0.588. The van der Waals surface area contributed by atoms with E-state index in [-0.39, 0.29) is 0 Å². The van der Waals surface area contributed by atoms with Crippen molar-refractivity contribution in [2.75, 3.05) is 39.9 Å². The third-order valence-electron chi connectivity index (χ3n) is 4.01. The van der Waals surface area contributed by atoms with Gasteiger partial charge in [-0.1, -0.05) is 29.3 Å². The van der Waals surface area contributed by atoms with Crippen LogP contribution in [0.2, 0.25) is 10.0 Å². The van der Waals surface area contributed by atoms with Crippen LogP contribution in [0.15, 0.2) is 23.2 Å². The van der Waals surface area contributed by atoms with Gasteiger partial charge >= 0.3 is 0 Å². The Morgan fingerprint density at radius 2 is 2.13 bits per heavy atom. The molecule has 0 aliphatic carbocycles. The van der Waals surface area contributed by atoms with Crippen molar-refractivity contribution >= 4 is 29.2 Å². The van der Waals surface area contributed by atoms with Gasteiger partial charge in [0.1, 0.15) is 0 Å². The van der Waals surface area contributed by atoms with Crippen molar-refractivity contribution in [3.63, 3.8) is 0 Å². The van der Waals surface area contributed by atoms with Gasteiger partial charge in [-0.3, -0.25) is 4.99 Å². The minimum Gasteiger partial charge on any atom is -0.384 e. The molecule has 0 spiro atoms. The van der Waals surface area contributed by atoms with Crippen LogP contribution in [0.1, 0.15) is 18.9 Å². The molecule has 1 aliphatic rings. The largest absolute Gasteiger partial charge is 0.384 e. The molecule has 1 aliphatic heterocycles. The van der Waals surface area contributed by atoms with Crippen LogP contribution in [0.4, 0.5) is 0 Å². The molecule has 23 heavy (non-hydrogen) atoms. The molecule has 0 bridgehead atoms. The Morgan fingerprint density at radius 1 is 1.39 bits per heavy atom. The zero-order valence-corrected chi connectivity index (χ0v) is 15.3. The van der Waals surface area contributed by atoms with E-state index < -0.39 is 0 Å². The Balaban J connectivity index is 1.97. The van der Waals surface area contributed by atoms with Crippen molar-refractivity contribution in [3.8, 4) is 0 Å². The number of benzene rings is 1. The van der Waals surface area contributed by atoms with E-state index in [0.29, 0.717) is 22.5 Å². The van der Waals surface area contributed by atoms with Gasteiger partial charge in [0.15, 0.2) is 5.96 Å². The number of halogens is 2. The van der Waals surface area contributed by atoms with Gasteiger partial charge in [-0.05, 0) is 37.5 Å². The molecule has 0 radical (unpaired) electrons. The molecule has 1 fully saturated rings. The third-order valence-corrected chi connectivity index (χ3v) is 4.72. The van der Waals surface area contributed by atoms with E-state index in [1.807, 2.05) is 18.2 Å². The lowest BCUT2D eigenvalue weighted by atomic mass is 10.1. The second-order valence-electron chi connectivity index (χ2n) is 5.74. The number of methoxy groups -OCH3 is 1. The molecule has 0 aromatic heterocycles. The summed E-state index contributed by atoms with van der Waals surface area (Å²) in [5, 5.41) is 4.79. The van der Waals surface area contributed by atoms with E-state index in [2.05, 4.69) is 17.1 Å². The highest BCUT2D eigenvalue weighted by Gasteiger charge is 2.24. The van der Waals surface area contributed by atoms with Gasteiger partial charge in [0, 0.05) is 49.3 Å². The number of ether oxygens (including phenoxy) is 1. The second kappa shape index (κ2) is 9.36. The van der Waals surface area contributed by atoms with Crippen LogP contribution < -0.4 is 5.32 Å². The molecule has 6 heteroatoms. The lowest BCUT2D eigenvalue weighted by molar-refractivity contribution is 0.157. The summed E-state index contributed by atoms with van der Waals surface area (Å²) in [6.45, 7) is 6.43. The van der Waals surface area contributed by atoms with Crippen molar-refractivity contribution in [1.82, 2.24) is 10.2 Å². The highest BCUT2D eigenvalue weighted by Crippen LogP contribution is 2.24. The van der Waals surface area contributed by atoms with Gasteiger partial charge in [0.2, 0.25) is 0 Å². The van der Waals surface area contributed by atoms with Crippen LogP contribution in [-0.4, -0.2) is 50.8 Å². The van der Waals surface area contributed by atoms with E-state index in [1.165, 1.54) is 0 Å². The number of nitrogens with zero attached hydrogens (tertiary/aromatic N) is 2. The fourth-order valence-corrected chi connectivity index (χ4v) is 3.45. The zero-order chi connectivity index (χ0) is 16.7. The van der Waals surface area contributed by atoms with E-state index in [1.54, 1.807) is 7.11 Å². The summed E-state index contributed by atoms with van der Waals surface area (Å²) < 4.78 is 5.26. The van der Waals surface area contributed by atoms with Gasteiger partial charge in [-0.2, -0.15) is 0 Å². The maximum Gasteiger partial charge on any atom is 0.193 e. The molecule has 1 unspecified atom stereocenters. The molecule has 128 valence electrons. The van der Waals surface area contributed by atoms with Gasteiger partial charge in [-0.25, -0.2) is 0 Å². The SMILES string of the molecule is CCNC(=NCCc1c(Cl)cccc1Cl)N1CCC(COC)C1. The first-order valence-electron chi connectivity index (χ1n) is 8.10. The summed E-state index contributed by atoms with van der Waals surface area (Å²) in [5.41, 5.74) is 0.967. The summed E-state index contributed by atoms with van der Waals surface area (Å²) in [5.74, 6) is 1.55. The van der Waals surface area contributed by atoms with Crippen LogP contribution in [0.25, 0.3) is 0 Å². The van der Waals surface area contributed by atoms with Gasteiger partial charge in [0.25, 0.3) is 0 Å². The Kier molecular flexibility index (Phi) is 7.47. The first-order valence-corrected chi connectivity index (χ1v) is 8.86. The lowest BCUT2D eigenvalue weighted by Crippen LogP contribution is -2.40. The molecule has 1 N–H and O–H groups in total. The summed E-state index contributed by atoms with van der Waals surface area (Å²) in [4.78, 5) is 7.05. The van der Waals surface area contributed by atoms with Crippen LogP contribution in [0.5, 0.6) is 0 Å². The molecule has 4 nitrogen and oxygen atoms in total. The molecular weight excluding hydrogens is 333 g/mol. The van der Waals surface area contributed by atoms with Crippen molar-refractivity contribution in [2.24, 2.45) is 10.9 Å². The third kappa shape index (κ3) is 5.27. The fourth-order valence-electron chi connectivity index (χ4n) is 2.87. The minimum atomic E-state index is 0.585. The maximum absolute atomic E-state index is 6.21. The average Bonchev–Trinajstić information content (AvgIpc) is 2.98. The molecule has 2 rings (SSSR count). The number of nitrogens with one attached hydrogen (secondary N) is 1. The Labute approximate surface area is 148 Å².